The molecule has 0 aliphatic carbocycles. The van der Waals surface area contributed by atoms with Crippen LogP contribution in [-0.4, -0.2) is 36.3 Å². The number of benzene rings is 2. The Labute approximate surface area is 149 Å². The van der Waals surface area contributed by atoms with Gasteiger partial charge in [-0.25, -0.2) is 14.4 Å². The van der Waals surface area contributed by atoms with Crippen molar-refractivity contribution >= 4 is 28.3 Å². The number of hydrogen-bond donors (Lipinski definition) is 0. The van der Waals surface area contributed by atoms with Gasteiger partial charge in [0.25, 0.3) is 0 Å². The standard InChI is InChI=1S/C18H15ClFN3O2/c1-23(8-12-9-24-15-4-2-3-5-16(15)25-12)18-17-13(20)6-11(19)7-14(17)21-10-22-18/h2-7,10,12H,8-9H2,1H3. The maximum absolute atomic E-state index is 14.4. The van der Waals surface area contributed by atoms with Gasteiger partial charge in [0.1, 0.15) is 24.6 Å². The second-order valence-corrected chi connectivity index (χ2v) is 6.29. The Balaban J connectivity index is 1.60. The zero-order valence-corrected chi connectivity index (χ0v) is 14.2. The maximum Gasteiger partial charge on any atom is 0.161 e. The number of halogens is 2. The topological polar surface area (TPSA) is 47.5 Å². The van der Waals surface area contributed by atoms with E-state index in [4.69, 9.17) is 21.1 Å². The molecule has 0 amide bonds. The number of rotatable bonds is 3. The van der Waals surface area contributed by atoms with Gasteiger partial charge in [-0.3, -0.25) is 0 Å². The Morgan fingerprint density at radius 3 is 2.88 bits per heavy atom. The molecule has 0 fully saturated rings. The molecule has 0 N–H and O–H groups in total. The van der Waals surface area contributed by atoms with Crippen molar-refractivity contribution in [1.29, 1.82) is 0 Å². The van der Waals surface area contributed by atoms with Gasteiger partial charge in [0, 0.05) is 12.1 Å². The average molecular weight is 360 g/mol. The lowest BCUT2D eigenvalue weighted by atomic mass is 10.2. The highest BCUT2D eigenvalue weighted by Gasteiger charge is 2.23. The number of aromatic nitrogens is 2. The fraction of sp³-hybridized carbons (Fsp3) is 0.222. The predicted molar refractivity (Wildman–Crippen MR) is 94.1 cm³/mol. The molecule has 128 valence electrons. The number of hydrogen-bond acceptors (Lipinski definition) is 5. The number of ether oxygens (including phenoxy) is 2. The van der Waals surface area contributed by atoms with Crippen molar-refractivity contribution in [1.82, 2.24) is 9.97 Å². The van der Waals surface area contributed by atoms with Crippen molar-refractivity contribution in [3.63, 3.8) is 0 Å². The van der Waals surface area contributed by atoms with Crippen LogP contribution < -0.4 is 14.4 Å². The van der Waals surface area contributed by atoms with Crippen LogP contribution in [-0.2, 0) is 0 Å². The summed E-state index contributed by atoms with van der Waals surface area (Å²) in [6.45, 7) is 0.904. The Hall–Kier alpha value is -2.60. The highest BCUT2D eigenvalue weighted by Crippen LogP contribution is 2.32. The third-order valence-electron chi connectivity index (χ3n) is 4.04. The molecule has 1 atom stereocenters. The number of fused-ring (bicyclic) bond motifs is 2. The largest absolute Gasteiger partial charge is 0.486 e. The minimum atomic E-state index is -0.448. The SMILES string of the molecule is CN(CC1COc2ccccc2O1)c1ncnc2cc(Cl)cc(F)c12. The van der Waals surface area contributed by atoms with Crippen LogP contribution in [0.4, 0.5) is 10.2 Å². The molecule has 0 radical (unpaired) electrons. The molecule has 0 bridgehead atoms. The molecular weight excluding hydrogens is 345 g/mol. The normalized spacial score (nSPS) is 16.0. The molecule has 4 rings (SSSR count). The molecule has 1 aliphatic heterocycles. The van der Waals surface area contributed by atoms with Gasteiger partial charge in [0.2, 0.25) is 0 Å². The maximum atomic E-state index is 14.4. The van der Waals surface area contributed by atoms with E-state index in [2.05, 4.69) is 9.97 Å². The smallest absolute Gasteiger partial charge is 0.161 e. The van der Waals surface area contributed by atoms with Crippen molar-refractivity contribution in [3.8, 4) is 11.5 Å². The van der Waals surface area contributed by atoms with Crippen molar-refractivity contribution in [3.05, 3.63) is 53.6 Å². The quantitative estimate of drug-likeness (QED) is 0.713. The van der Waals surface area contributed by atoms with Gasteiger partial charge in [-0.15, -0.1) is 0 Å². The molecule has 7 heteroatoms. The molecule has 3 aromatic rings. The lowest BCUT2D eigenvalue weighted by molar-refractivity contribution is 0.0960. The summed E-state index contributed by atoms with van der Waals surface area (Å²) in [6.07, 6.45) is 1.21. The summed E-state index contributed by atoms with van der Waals surface area (Å²) in [6, 6.07) is 10.4. The molecule has 1 unspecified atom stereocenters. The van der Waals surface area contributed by atoms with Gasteiger partial charge in [0.05, 0.1) is 17.4 Å². The summed E-state index contributed by atoms with van der Waals surface area (Å²) in [5, 5.41) is 0.643. The predicted octanol–water partition coefficient (Wildman–Crippen LogP) is 3.70. The Kier molecular flexibility index (Phi) is 4.05. The van der Waals surface area contributed by atoms with Crippen LogP contribution >= 0.6 is 11.6 Å². The van der Waals surface area contributed by atoms with E-state index in [1.807, 2.05) is 36.2 Å². The molecule has 5 nitrogen and oxygen atoms in total. The summed E-state index contributed by atoms with van der Waals surface area (Å²) in [5.41, 5.74) is 0.466. The highest BCUT2D eigenvalue weighted by atomic mass is 35.5. The van der Waals surface area contributed by atoms with Crippen LogP contribution in [0.1, 0.15) is 0 Å². The minimum Gasteiger partial charge on any atom is -0.486 e. The van der Waals surface area contributed by atoms with E-state index in [0.717, 1.165) is 5.75 Å². The Morgan fingerprint density at radius 2 is 2.04 bits per heavy atom. The van der Waals surface area contributed by atoms with Crippen molar-refractivity contribution < 1.29 is 13.9 Å². The van der Waals surface area contributed by atoms with Crippen LogP contribution in [0.25, 0.3) is 10.9 Å². The molecule has 2 aromatic carbocycles. The Morgan fingerprint density at radius 1 is 1.24 bits per heavy atom. The molecule has 25 heavy (non-hydrogen) atoms. The number of nitrogens with zero attached hydrogens (tertiary/aromatic N) is 3. The summed E-state index contributed by atoms with van der Waals surface area (Å²) in [4.78, 5) is 10.2. The first-order valence-corrected chi connectivity index (χ1v) is 8.19. The molecule has 0 saturated carbocycles. The highest BCUT2D eigenvalue weighted by molar-refractivity contribution is 6.31. The fourth-order valence-corrected chi connectivity index (χ4v) is 3.13. The van der Waals surface area contributed by atoms with Gasteiger partial charge in [-0.1, -0.05) is 23.7 Å². The number of likely N-dealkylation sites (N-methyl/N-ethyl adjacent to an activating group) is 1. The van der Waals surface area contributed by atoms with Crippen molar-refractivity contribution in [2.45, 2.75) is 6.10 Å². The first-order chi connectivity index (χ1) is 12.1. The first-order valence-electron chi connectivity index (χ1n) is 7.81. The fourth-order valence-electron chi connectivity index (χ4n) is 2.93. The summed E-state index contributed by atoms with van der Waals surface area (Å²) >= 11 is 5.91. The monoisotopic (exact) mass is 359 g/mol. The molecular formula is C18H15ClFN3O2. The van der Waals surface area contributed by atoms with Crippen molar-refractivity contribution in [2.75, 3.05) is 25.1 Å². The van der Waals surface area contributed by atoms with Crippen LogP contribution in [0.15, 0.2) is 42.7 Å². The molecule has 0 spiro atoms. The van der Waals surface area contributed by atoms with Gasteiger partial charge in [-0.05, 0) is 24.3 Å². The van der Waals surface area contributed by atoms with Crippen LogP contribution in [0.5, 0.6) is 11.5 Å². The van der Waals surface area contributed by atoms with E-state index < -0.39 is 5.82 Å². The molecule has 1 aliphatic rings. The number of para-hydroxylation sites is 2. The van der Waals surface area contributed by atoms with Crippen LogP contribution in [0, 0.1) is 5.82 Å². The van der Waals surface area contributed by atoms with Crippen LogP contribution in [0.2, 0.25) is 5.02 Å². The molecule has 0 saturated heterocycles. The zero-order chi connectivity index (χ0) is 17.4. The van der Waals surface area contributed by atoms with Gasteiger partial charge >= 0.3 is 0 Å². The minimum absolute atomic E-state index is 0.194. The zero-order valence-electron chi connectivity index (χ0n) is 13.4. The molecule has 2 heterocycles. The second kappa shape index (κ2) is 6.37. The summed E-state index contributed by atoms with van der Waals surface area (Å²) in [7, 11) is 1.83. The third-order valence-corrected chi connectivity index (χ3v) is 4.26. The van der Waals surface area contributed by atoms with Gasteiger partial charge in [0.15, 0.2) is 17.6 Å². The van der Waals surface area contributed by atoms with Crippen molar-refractivity contribution in [2.24, 2.45) is 0 Å². The van der Waals surface area contributed by atoms with E-state index in [-0.39, 0.29) is 6.10 Å². The first kappa shape index (κ1) is 15.9. The third kappa shape index (κ3) is 3.05. The van der Waals surface area contributed by atoms with E-state index in [0.29, 0.717) is 40.6 Å². The van der Waals surface area contributed by atoms with Gasteiger partial charge < -0.3 is 14.4 Å². The number of anilines is 1. The lowest BCUT2D eigenvalue weighted by Crippen LogP contribution is -2.39. The van der Waals surface area contributed by atoms with Gasteiger partial charge in [-0.2, -0.15) is 0 Å². The lowest BCUT2D eigenvalue weighted by Gasteiger charge is -2.30. The van der Waals surface area contributed by atoms with E-state index >= 15 is 0 Å². The summed E-state index contributed by atoms with van der Waals surface area (Å²) < 4.78 is 26.1. The average Bonchev–Trinajstić information content (AvgIpc) is 2.60. The second-order valence-electron chi connectivity index (χ2n) is 5.86. The van der Waals surface area contributed by atoms with E-state index in [9.17, 15) is 4.39 Å². The Bertz CT molecular complexity index is 937. The summed E-state index contributed by atoms with van der Waals surface area (Å²) in [5.74, 6) is 1.48. The van der Waals surface area contributed by atoms with E-state index in [1.54, 1.807) is 6.07 Å². The molecule has 1 aromatic heterocycles. The van der Waals surface area contributed by atoms with Crippen LogP contribution in [0.3, 0.4) is 0 Å². The van der Waals surface area contributed by atoms with E-state index in [1.165, 1.54) is 12.4 Å².